The number of hydrogen-bond acceptors (Lipinski definition) is 6. The summed E-state index contributed by atoms with van der Waals surface area (Å²) < 4.78 is 82.1. The van der Waals surface area contributed by atoms with Crippen molar-refractivity contribution in [2.75, 3.05) is 14.2 Å². The van der Waals surface area contributed by atoms with E-state index in [1.54, 1.807) is 0 Å². The van der Waals surface area contributed by atoms with Crippen molar-refractivity contribution < 1.29 is 40.6 Å². The summed E-state index contributed by atoms with van der Waals surface area (Å²) >= 11 is 0. The van der Waals surface area contributed by atoms with Crippen molar-refractivity contribution in [3.8, 4) is 11.5 Å². The Morgan fingerprint density at radius 3 is 2.48 bits per heavy atom. The molecule has 2 atom stereocenters. The summed E-state index contributed by atoms with van der Waals surface area (Å²) in [5.74, 6) is -4.30. The van der Waals surface area contributed by atoms with Gasteiger partial charge in [0, 0.05) is 18.6 Å². The minimum Gasteiger partial charge on any atom is -0.497 e. The van der Waals surface area contributed by atoms with Crippen LogP contribution in [0.4, 0.5) is 13.2 Å². The first-order valence-electron chi connectivity index (χ1n) is 7.05. The Morgan fingerprint density at radius 1 is 1.24 bits per heavy atom. The summed E-state index contributed by atoms with van der Waals surface area (Å²) in [6.45, 7) is 0. The minimum absolute atomic E-state index is 0.140. The molecular weight excluding hydrogens is 365 g/mol. The van der Waals surface area contributed by atoms with Crippen LogP contribution in [-0.4, -0.2) is 39.5 Å². The van der Waals surface area contributed by atoms with E-state index >= 15 is 0 Å². The van der Waals surface area contributed by atoms with Gasteiger partial charge in [0.15, 0.2) is 11.5 Å². The second-order valence-corrected chi connectivity index (χ2v) is 7.62. The Kier molecular flexibility index (Phi) is 3.79. The van der Waals surface area contributed by atoms with Gasteiger partial charge in [-0.3, -0.25) is 4.79 Å². The molecular formula is C15H13F3O6S. The molecule has 25 heavy (non-hydrogen) atoms. The SMILES string of the molecule is COC1=CC(=O)C[C@@H](C(F)(F)F)[C@]12Oc1ccc(OC)cc1S2(=O)=O. The number of rotatable bonds is 2. The van der Waals surface area contributed by atoms with Crippen LogP contribution in [0.1, 0.15) is 6.42 Å². The predicted octanol–water partition coefficient (Wildman–Crippen LogP) is 2.24. The highest BCUT2D eigenvalue weighted by atomic mass is 32.2. The van der Waals surface area contributed by atoms with E-state index in [0.717, 1.165) is 19.3 Å². The molecule has 0 saturated carbocycles. The number of ether oxygens (including phenoxy) is 3. The molecule has 1 aromatic rings. The zero-order valence-electron chi connectivity index (χ0n) is 13.1. The minimum atomic E-state index is -5.01. The maximum absolute atomic E-state index is 13.6. The van der Waals surface area contributed by atoms with Gasteiger partial charge in [-0.1, -0.05) is 0 Å². The molecule has 1 aliphatic carbocycles. The Labute approximate surface area is 141 Å². The lowest BCUT2D eigenvalue weighted by Gasteiger charge is -2.38. The molecule has 136 valence electrons. The molecule has 1 aromatic carbocycles. The molecule has 0 N–H and O–H groups in total. The Balaban J connectivity index is 2.31. The molecule has 1 spiro atoms. The van der Waals surface area contributed by atoms with Crippen LogP contribution in [0, 0.1) is 5.92 Å². The van der Waals surface area contributed by atoms with E-state index in [1.165, 1.54) is 19.2 Å². The van der Waals surface area contributed by atoms with Crippen LogP contribution in [0.3, 0.4) is 0 Å². The first-order valence-corrected chi connectivity index (χ1v) is 8.53. The quantitative estimate of drug-likeness (QED) is 0.785. The van der Waals surface area contributed by atoms with Gasteiger partial charge < -0.3 is 14.2 Å². The average Bonchev–Trinajstić information content (AvgIpc) is 2.76. The largest absolute Gasteiger partial charge is 0.497 e. The van der Waals surface area contributed by atoms with Gasteiger partial charge in [0.25, 0.3) is 4.93 Å². The first kappa shape index (κ1) is 17.6. The summed E-state index contributed by atoms with van der Waals surface area (Å²) in [6.07, 6.45) is -5.32. The molecule has 0 bridgehead atoms. The third kappa shape index (κ3) is 2.30. The number of carbonyl (C=O) groups is 1. The van der Waals surface area contributed by atoms with E-state index in [9.17, 15) is 26.4 Å². The van der Waals surface area contributed by atoms with Gasteiger partial charge >= 0.3 is 6.18 Å². The fourth-order valence-corrected chi connectivity index (χ4v) is 5.25. The molecule has 6 nitrogen and oxygen atoms in total. The number of hydrogen-bond donors (Lipinski definition) is 0. The van der Waals surface area contributed by atoms with Crippen LogP contribution in [0.25, 0.3) is 0 Å². The van der Waals surface area contributed by atoms with Crippen LogP contribution in [0.15, 0.2) is 34.9 Å². The molecule has 2 aliphatic rings. The van der Waals surface area contributed by atoms with Gasteiger partial charge in [-0.25, -0.2) is 8.42 Å². The number of ketones is 1. The molecule has 0 saturated heterocycles. The van der Waals surface area contributed by atoms with Gasteiger partial charge in [0.05, 0.1) is 14.2 Å². The van der Waals surface area contributed by atoms with Gasteiger partial charge in [-0.05, 0) is 12.1 Å². The highest BCUT2D eigenvalue weighted by molar-refractivity contribution is 7.93. The zero-order valence-corrected chi connectivity index (χ0v) is 13.9. The summed E-state index contributed by atoms with van der Waals surface area (Å²) in [5, 5.41) is 0. The Hall–Kier alpha value is -2.23. The predicted molar refractivity (Wildman–Crippen MR) is 77.8 cm³/mol. The number of carbonyl (C=O) groups excluding carboxylic acids is 1. The highest BCUT2D eigenvalue weighted by Crippen LogP contribution is 2.56. The van der Waals surface area contributed by atoms with E-state index in [0.29, 0.717) is 0 Å². The highest BCUT2D eigenvalue weighted by Gasteiger charge is 2.71. The monoisotopic (exact) mass is 378 g/mol. The van der Waals surface area contributed by atoms with E-state index in [4.69, 9.17) is 14.2 Å². The third-order valence-electron chi connectivity index (χ3n) is 4.22. The number of halogens is 3. The number of fused-ring (bicyclic) bond motifs is 1. The van der Waals surface area contributed by atoms with E-state index in [1.807, 2.05) is 0 Å². The molecule has 1 aliphatic heterocycles. The number of allylic oxidation sites excluding steroid dienone is 1. The van der Waals surface area contributed by atoms with Crippen LogP contribution in [0.2, 0.25) is 0 Å². The van der Waals surface area contributed by atoms with Crippen molar-refractivity contribution in [1.82, 2.24) is 0 Å². The van der Waals surface area contributed by atoms with Crippen LogP contribution < -0.4 is 9.47 Å². The van der Waals surface area contributed by atoms with E-state index in [-0.39, 0.29) is 11.5 Å². The van der Waals surface area contributed by atoms with Crippen LogP contribution in [-0.2, 0) is 19.4 Å². The molecule has 0 amide bonds. The standard InChI is InChI=1S/C15H13F3O6S/c1-22-9-3-4-10-11(7-9)25(20,21)14(24-10)12(15(16,17)18)5-8(19)6-13(14)23-2/h3-4,6-7,12H,5H2,1-2H3/t12-,14-/m1/s1. The summed E-state index contributed by atoms with van der Waals surface area (Å²) in [6, 6.07) is 3.65. The molecule has 3 rings (SSSR count). The second kappa shape index (κ2) is 5.38. The van der Waals surface area contributed by atoms with Gasteiger partial charge in [0.2, 0.25) is 9.84 Å². The van der Waals surface area contributed by atoms with Gasteiger partial charge in [-0.15, -0.1) is 0 Å². The normalized spacial score (nSPS) is 27.5. The molecule has 0 radical (unpaired) electrons. The fraction of sp³-hybridized carbons (Fsp3) is 0.400. The maximum Gasteiger partial charge on any atom is 0.397 e. The Morgan fingerprint density at radius 2 is 1.92 bits per heavy atom. The number of methoxy groups -OCH3 is 2. The Bertz CT molecular complexity index is 874. The van der Waals surface area contributed by atoms with Crippen LogP contribution >= 0.6 is 0 Å². The smallest absolute Gasteiger partial charge is 0.397 e. The van der Waals surface area contributed by atoms with Gasteiger partial charge in [0.1, 0.15) is 22.3 Å². The first-order chi connectivity index (χ1) is 11.6. The number of benzene rings is 1. The van der Waals surface area contributed by atoms with Crippen molar-refractivity contribution in [2.24, 2.45) is 5.92 Å². The molecule has 1 heterocycles. The van der Waals surface area contributed by atoms with Crippen molar-refractivity contribution in [1.29, 1.82) is 0 Å². The molecule has 0 fully saturated rings. The summed E-state index contributed by atoms with van der Waals surface area (Å²) in [5.41, 5.74) is 0. The van der Waals surface area contributed by atoms with Crippen LogP contribution in [0.5, 0.6) is 11.5 Å². The van der Waals surface area contributed by atoms with E-state index in [2.05, 4.69) is 0 Å². The number of sulfone groups is 1. The van der Waals surface area contributed by atoms with Crippen molar-refractivity contribution in [3.63, 3.8) is 0 Å². The molecule has 0 unspecified atom stereocenters. The zero-order chi connectivity index (χ0) is 18.6. The lowest BCUT2D eigenvalue weighted by Crippen LogP contribution is -2.57. The lowest BCUT2D eigenvalue weighted by atomic mass is 9.88. The summed E-state index contributed by atoms with van der Waals surface area (Å²) in [7, 11) is -2.41. The fourth-order valence-electron chi connectivity index (χ4n) is 3.08. The maximum atomic E-state index is 13.6. The summed E-state index contributed by atoms with van der Waals surface area (Å²) in [4.78, 5) is 8.37. The van der Waals surface area contributed by atoms with Crippen molar-refractivity contribution >= 4 is 15.6 Å². The van der Waals surface area contributed by atoms with Crippen molar-refractivity contribution in [3.05, 3.63) is 30.0 Å². The molecule has 10 heteroatoms. The third-order valence-corrected chi connectivity index (χ3v) is 6.48. The average molecular weight is 378 g/mol. The van der Waals surface area contributed by atoms with Crippen molar-refractivity contribution in [2.45, 2.75) is 22.4 Å². The molecule has 0 aromatic heterocycles. The van der Waals surface area contributed by atoms with Gasteiger partial charge in [-0.2, -0.15) is 13.2 Å². The topological polar surface area (TPSA) is 78.9 Å². The second-order valence-electron chi connectivity index (χ2n) is 5.56. The lowest BCUT2D eigenvalue weighted by molar-refractivity contribution is -0.205. The number of alkyl halides is 3. The van der Waals surface area contributed by atoms with E-state index < -0.39 is 49.7 Å².